The summed E-state index contributed by atoms with van der Waals surface area (Å²) >= 11 is 0. The molecule has 0 amide bonds. The molecule has 0 aliphatic heterocycles. The van der Waals surface area contributed by atoms with Crippen molar-refractivity contribution in [2.45, 2.75) is 0 Å². The maximum absolute atomic E-state index is 12.6. The van der Waals surface area contributed by atoms with Crippen LogP contribution in [0.1, 0.15) is 0 Å². The minimum Gasteiger partial charge on any atom is -0.296 e. The van der Waals surface area contributed by atoms with Crippen LogP contribution in [0.5, 0.6) is 0 Å². The second kappa shape index (κ2) is 5.16. The Bertz CT molecular complexity index is 1330. The maximum Gasteiger partial charge on any atom is 0.273 e. The van der Waals surface area contributed by atoms with Crippen molar-refractivity contribution in [1.29, 1.82) is 0 Å². The van der Waals surface area contributed by atoms with Crippen LogP contribution in [0.25, 0.3) is 39.1 Å². The number of H-pyrrole nitrogens is 1. The van der Waals surface area contributed by atoms with E-state index in [1.165, 1.54) is 10.6 Å². The topological polar surface area (TPSA) is 85.8 Å². The molecule has 0 saturated heterocycles. The highest BCUT2D eigenvalue weighted by molar-refractivity contribution is 5.84. The number of hydrogen-bond acceptors (Lipinski definition) is 4. The largest absolute Gasteiger partial charge is 0.296 e. The van der Waals surface area contributed by atoms with Gasteiger partial charge in [0.05, 0.1) is 28.7 Å². The summed E-state index contributed by atoms with van der Waals surface area (Å²) in [5, 5.41) is 12.4. The van der Waals surface area contributed by atoms with Crippen molar-refractivity contribution >= 4 is 16.6 Å². The van der Waals surface area contributed by atoms with Gasteiger partial charge in [-0.25, -0.2) is 9.50 Å². The summed E-state index contributed by atoms with van der Waals surface area (Å²) in [6, 6.07) is 9.37. The number of nitrogens with zero attached hydrogens (tertiary/aromatic N) is 6. The summed E-state index contributed by atoms with van der Waals surface area (Å²) in [5.41, 5.74) is 4.66. The van der Waals surface area contributed by atoms with E-state index in [1.807, 2.05) is 49.2 Å². The number of hydrogen-bond donors (Lipinski definition) is 1. The summed E-state index contributed by atoms with van der Waals surface area (Å²) in [6.07, 6.45) is 5.30. The monoisotopic (exact) mass is 345 g/mol. The van der Waals surface area contributed by atoms with Gasteiger partial charge in [0.25, 0.3) is 5.56 Å². The standard InChI is InChI=1S/C18H15N7O/c1-23-15-4-3-11(7-12(15)9-20-23)14-8-17(26)25-18(22-14)13(10-21-25)16-5-6-19-24(16)2/h3-10,21H,1-2H3. The van der Waals surface area contributed by atoms with Crippen LogP contribution < -0.4 is 5.56 Å². The lowest BCUT2D eigenvalue weighted by atomic mass is 10.1. The van der Waals surface area contributed by atoms with Gasteiger partial charge in [0.1, 0.15) is 0 Å². The van der Waals surface area contributed by atoms with Gasteiger partial charge < -0.3 is 0 Å². The van der Waals surface area contributed by atoms with Gasteiger partial charge in [-0.1, -0.05) is 6.07 Å². The highest BCUT2D eigenvalue weighted by Gasteiger charge is 2.14. The van der Waals surface area contributed by atoms with Gasteiger partial charge in [0, 0.05) is 43.5 Å². The van der Waals surface area contributed by atoms with E-state index in [0.29, 0.717) is 11.3 Å². The average molecular weight is 345 g/mol. The Morgan fingerprint density at radius 2 is 1.92 bits per heavy atom. The lowest BCUT2D eigenvalue weighted by Crippen LogP contribution is -2.14. The zero-order valence-electron chi connectivity index (χ0n) is 14.2. The molecule has 1 aromatic carbocycles. The van der Waals surface area contributed by atoms with Gasteiger partial charge >= 0.3 is 0 Å². The van der Waals surface area contributed by atoms with Crippen LogP contribution in [0.2, 0.25) is 0 Å². The van der Waals surface area contributed by atoms with E-state index < -0.39 is 0 Å². The second-order valence-corrected chi connectivity index (χ2v) is 6.21. The molecule has 0 bridgehead atoms. The van der Waals surface area contributed by atoms with E-state index >= 15 is 0 Å². The smallest absolute Gasteiger partial charge is 0.273 e. The van der Waals surface area contributed by atoms with Crippen molar-refractivity contribution in [1.82, 2.24) is 34.2 Å². The molecule has 5 aromatic rings. The molecule has 0 radical (unpaired) electrons. The quantitative estimate of drug-likeness (QED) is 0.530. The summed E-state index contributed by atoms with van der Waals surface area (Å²) < 4.78 is 5.01. The van der Waals surface area contributed by atoms with Crippen molar-refractivity contribution < 1.29 is 0 Å². The third kappa shape index (κ3) is 2.02. The highest BCUT2D eigenvalue weighted by Crippen LogP contribution is 2.25. The number of aromatic amines is 1. The van der Waals surface area contributed by atoms with Crippen LogP contribution in [0.4, 0.5) is 0 Å². The fourth-order valence-electron chi connectivity index (χ4n) is 3.28. The molecule has 26 heavy (non-hydrogen) atoms. The lowest BCUT2D eigenvalue weighted by molar-refractivity contribution is 0.776. The Balaban J connectivity index is 1.75. The molecule has 0 aliphatic carbocycles. The number of fused-ring (bicyclic) bond motifs is 2. The zero-order valence-corrected chi connectivity index (χ0v) is 14.2. The van der Waals surface area contributed by atoms with Crippen LogP contribution in [0.15, 0.2) is 53.7 Å². The molecule has 0 atom stereocenters. The molecular weight excluding hydrogens is 330 g/mol. The van der Waals surface area contributed by atoms with Crippen LogP contribution in [-0.2, 0) is 14.1 Å². The third-order valence-corrected chi connectivity index (χ3v) is 4.64. The maximum atomic E-state index is 12.6. The molecule has 0 saturated carbocycles. The third-order valence-electron chi connectivity index (χ3n) is 4.64. The molecule has 1 N–H and O–H groups in total. The number of aryl methyl sites for hydroxylation is 2. The van der Waals surface area contributed by atoms with Crippen molar-refractivity contribution in [2.75, 3.05) is 0 Å². The van der Waals surface area contributed by atoms with Crippen molar-refractivity contribution in [3.63, 3.8) is 0 Å². The predicted octanol–water partition coefficient (Wildman–Crippen LogP) is 1.98. The molecule has 8 heteroatoms. The molecule has 5 rings (SSSR count). The normalized spacial score (nSPS) is 11.6. The first-order valence-corrected chi connectivity index (χ1v) is 8.13. The molecule has 0 fully saturated rings. The molecular formula is C18H15N7O. The van der Waals surface area contributed by atoms with Crippen LogP contribution >= 0.6 is 0 Å². The predicted molar refractivity (Wildman–Crippen MR) is 97.7 cm³/mol. The Kier molecular flexibility index (Phi) is 2.90. The van der Waals surface area contributed by atoms with Gasteiger partial charge in [-0.15, -0.1) is 0 Å². The summed E-state index contributed by atoms with van der Waals surface area (Å²) in [5.74, 6) is 0. The Labute approximate surface area is 147 Å². The SMILES string of the molecule is Cn1nccc1-c1c[nH]n2c(=O)cc(-c3ccc4c(cnn4C)c3)nc12. The van der Waals surface area contributed by atoms with E-state index in [4.69, 9.17) is 4.98 Å². The number of aromatic nitrogens is 7. The minimum atomic E-state index is -0.162. The van der Waals surface area contributed by atoms with Gasteiger partial charge in [-0.05, 0) is 18.2 Å². The first-order chi connectivity index (χ1) is 12.6. The van der Waals surface area contributed by atoms with Gasteiger partial charge in [0.15, 0.2) is 5.65 Å². The Morgan fingerprint density at radius 1 is 1.04 bits per heavy atom. The van der Waals surface area contributed by atoms with Gasteiger partial charge in [0.2, 0.25) is 0 Å². The van der Waals surface area contributed by atoms with E-state index in [1.54, 1.807) is 17.1 Å². The number of nitrogens with one attached hydrogen (secondary N) is 1. The molecule has 0 spiro atoms. The Hall–Kier alpha value is -3.68. The zero-order chi connectivity index (χ0) is 17.8. The summed E-state index contributed by atoms with van der Waals surface area (Å²) in [7, 11) is 3.76. The summed E-state index contributed by atoms with van der Waals surface area (Å²) in [6.45, 7) is 0. The molecule has 8 nitrogen and oxygen atoms in total. The van der Waals surface area contributed by atoms with E-state index in [-0.39, 0.29) is 5.56 Å². The molecule has 4 heterocycles. The average Bonchev–Trinajstić information content (AvgIpc) is 3.33. The van der Waals surface area contributed by atoms with Crippen molar-refractivity contribution in [3.05, 3.63) is 59.3 Å². The first-order valence-electron chi connectivity index (χ1n) is 8.13. The molecule has 128 valence electrons. The first kappa shape index (κ1) is 14.6. The fraction of sp³-hybridized carbons (Fsp3) is 0.111. The lowest BCUT2D eigenvalue weighted by Gasteiger charge is -2.04. The molecule has 4 aromatic heterocycles. The van der Waals surface area contributed by atoms with E-state index in [2.05, 4.69) is 15.3 Å². The van der Waals surface area contributed by atoms with Crippen LogP contribution in [0.3, 0.4) is 0 Å². The van der Waals surface area contributed by atoms with Crippen LogP contribution in [0, 0.1) is 0 Å². The Morgan fingerprint density at radius 3 is 2.73 bits per heavy atom. The van der Waals surface area contributed by atoms with Crippen LogP contribution in [-0.4, -0.2) is 34.2 Å². The van der Waals surface area contributed by atoms with E-state index in [0.717, 1.165) is 27.7 Å². The fourth-order valence-corrected chi connectivity index (χ4v) is 3.28. The second-order valence-electron chi connectivity index (χ2n) is 6.21. The summed E-state index contributed by atoms with van der Waals surface area (Å²) in [4.78, 5) is 17.3. The minimum absolute atomic E-state index is 0.162. The van der Waals surface area contributed by atoms with Gasteiger partial charge in [-0.2, -0.15) is 10.2 Å². The molecule has 0 aliphatic rings. The van der Waals surface area contributed by atoms with Crippen molar-refractivity contribution in [3.8, 4) is 22.5 Å². The van der Waals surface area contributed by atoms with E-state index in [9.17, 15) is 4.79 Å². The molecule has 0 unspecified atom stereocenters. The van der Waals surface area contributed by atoms with Gasteiger partial charge in [-0.3, -0.25) is 19.3 Å². The number of benzene rings is 1. The van der Waals surface area contributed by atoms with Crippen molar-refractivity contribution in [2.24, 2.45) is 14.1 Å². The number of rotatable bonds is 2. The highest BCUT2D eigenvalue weighted by atomic mass is 16.1.